The molecule has 0 aliphatic carbocycles. The van der Waals surface area contributed by atoms with Crippen molar-refractivity contribution in [3.63, 3.8) is 0 Å². The maximum absolute atomic E-state index is 11.6. The first-order valence-electron chi connectivity index (χ1n) is 6.81. The number of ether oxygens (including phenoxy) is 2. The third-order valence-electron chi connectivity index (χ3n) is 2.41. The van der Waals surface area contributed by atoms with Gasteiger partial charge in [0.2, 0.25) is 0 Å². The van der Waals surface area contributed by atoms with Gasteiger partial charge >= 0.3 is 11.9 Å². The number of aliphatic hydroxyl groups is 2. The van der Waals surface area contributed by atoms with Crippen molar-refractivity contribution < 1.29 is 29.3 Å². The van der Waals surface area contributed by atoms with Crippen molar-refractivity contribution in [1.29, 1.82) is 0 Å². The summed E-state index contributed by atoms with van der Waals surface area (Å²) in [6, 6.07) is -1.36. The lowest BCUT2D eigenvalue weighted by Crippen LogP contribution is -2.43. The van der Waals surface area contributed by atoms with E-state index in [0.29, 0.717) is 0 Å². The van der Waals surface area contributed by atoms with Crippen LogP contribution in [0.3, 0.4) is 0 Å². The number of carbonyl (C=O) groups excluding carboxylic acids is 2. The first-order valence-corrected chi connectivity index (χ1v) is 8.22. The number of hydrogen-bond donors (Lipinski definition) is 4. The van der Waals surface area contributed by atoms with Crippen LogP contribution in [0.25, 0.3) is 0 Å². The van der Waals surface area contributed by atoms with Gasteiger partial charge in [0.15, 0.2) is 0 Å². The minimum Gasteiger partial charge on any atom is -0.465 e. The monoisotopic (exact) mass is 324 g/mol. The summed E-state index contributed by atoms with van der Waals surface area (Å²) in [5.41, 5.74) is 0. The molecule has 124 valence electrons. The Balaban J connectivity index is 4.66. The van der Waals surface area contributed by atoms with Crippen LogP contribution >= 0.6 is 8.22 Å². The van der Waals surface area contributed by atoms with Gasteiger partial charge in [-0.05, 0) is 27.7 Å². The molecule has 8 nitrogen and oxygen atoms in total. The van der Waals surface area contributed by atoms with Crippen molar-refractivity contribution in [2.24, 2.45) is 0 Å². The first kappa shape index (κ1) is 20.2. The zero-order valence-electron chi connectivity index (χ0n) is 12.8. The largest absolute Gasteiger partial charge is 0.465 e. The second kappa shape index (κ2) is 10.9. The topological polar surface area (TPSA) is 117 Å². The summed E-state index contributed by atoms with van der Waals surface area (Å²) in [6.07, 6.45) is 0. The lowest BCUT2D eigenvalue weighted by molar-refractivity contribution is -0.145. The van der Waals surface area contributed by atoms with Crippen LogP contribution in [-0.4, -0.2) is 59.9 Å². The number of esters is 2. The molecule has 0 bridgehead atoms. The molecule has 21 heavy (non-hydrogen) atoms. The fraction of sp³-hybridized carbons (Fsp3) is 0.833. The van der Waals surface area contributed by atoms with E-state index < -0.39 is 44.7 Å². The lowest BCUT2D eigenvalue weighted by atomic mass is 10.4. The molecule has 0 spiro atoms. The molecule has 0 aromatic heterocycles. The molecule has 0 heterocycles. The Labute approximate surface area is 126 Å². The van der Waals surface area contributed by atoms with Crippen LogP contribution in [0.4, 0.5) is 0 Å². The molecule has 0 saturated carbocycles. The molecule has 0 fully saturated rings. The Morgan fingerprint density at radius 3 is 1.71 bits per heavy atom. The summed E-state index contributed by atoms with van der Waals surface area (Å²) < 4.78 is 9.71. The highest BCUT2D eigenvalue weighted by atomic mass is 31.1. The number of aliphatic hydroxyl groups excluding tert-OH is 2. The maximum Gasteiger partial charge on any atom is 0.323 e. The summed E-state index contributed by atoms with van der Waals surface area (Å²) in [7, 11) is -1.58. The van der Waals surface area contributed by atoms with Crippen LogP contribution in [0.15, 0.2) is 0 Å². The fourth-order valence-corrected chi connectivity index (χ4v) is 2.98. The van der Waals surface area contributed by atoms with Gasteiger partial charge in [-0.3, -0.25) is 19.8 Å². The predicted octanol–water partition coefficient (Wildman–Crippen LogP) is -0.309. The van der Waals surface area contributed by atoms with E-state index in [1.807, 2.05) is 0 Å². The minimum absolute atomic E-state index is 0.248. The van der Waals surface area contributed by atoms with E-state index in [2.05, 4.69) is 10.2 Å². The van der Waals surface area contributed by atoms with E-state index in [1.54, 1.807) is 27.7 Å². The quantitative estimate of drug-likeness (QED) is 0.319. The maximum atomic E-state index is 11.6. The van der Waals surface area contributed by atoms with Gasteiger partial charge in [0.05, 0.1) is 28.0 Å². The molecule has 0 radical (unpaired) electrons. The van der Waals surface area contributed by atoms with Gasteiger partial charge in [-0.25, -0.2) is 0 Å². The molecule has 4 N–H and O–H groups in total. The predicted molar refractivity (Wildman–Crippen MR) is 78.5 cm³/mol. The van der Waals surface area contributed by atoms with Gasteiger partial charge in [0.25, 0.3) is 0 Å². The fourth-order valence-electron chi connectivity index (χ4n) is 1.35. The normalized spacial score (nSPS) is 16.7. The SMILES string of the molecule is CCOC(=O)C(C)NP(NC(C)C(=O)OCC)C(O)CO. The van der Waals surface area contributed by atoms with Crippen molar-refractivity contribution in [3.05, 3.63) is 0 Å². The van der Waals surface area contributed by atoms with Gasteiger partial charge in [0.1, 0.15) is 17.9 Å². The molecule has 0 saturated heterocycles. The van der Waals surface area contributed by atoms with Crippen molar-refractivity contribution >= 4 is 20.2 Å². The smallest absolute Gasteiger partial charge is 0.323 e. The molecule has 3 unspecified atom stereocenters. The highest BCUT2D eigenvalue weighted by Gasteiger charge is 2.27. The summed E-state index contributed by atoms with van der Waals surface area (Å²) in [6.45, 7) is 6.53. The standard InChI is InChI=1S/C12H25N2O6P/c1-5-19-11(17)8(3)13-21(10(16)7-15)14-9(4)12(18)20-6-2/h8-10,13-16H,5-7H2,1-4H3. The van der Waals surface area contributed by atoms with Gasteiger partial charge in [-0.2, -0.15) is 0 Å². The zero-order chi connectivity index (χ0) is 16.4. The Morgan fingerprint density at radius 1 is 1.05 bits per heavy atom. The molecule has 0 aliphatic heterocycles. The van der Waals surface area contributed by atoms with Crippen LogP contribution < -0.4 is 10.2 Å². The summed E-state index contributed by atoms with van der Waals surface area (Å²) in [4.78, 5) is 23.1. The summed E-state index contributed by atoms with van der Waals surface area (Å²) in [5, 5.41) is 24.5. The third-order valence-corrected chi connectivity index (χ3v) is 4.50. The van der Waals surface area contributed by atoms with Crippen molar-refractivity contribution in [2.75, 3.05) is 19.8 Å². The van der Waals surface area contributed by atoms with E-state index in [9.17, 15) is 14.7 Å². The molecule has 0 aromatic rings. The number of nitrogens with one attached hydrogen (secondary N) is 2. The number of carbonyl (C=O) groups is 2. The number of hydrogen-bond acceptors (Lipinski definition) is 8. The van der Waals surface area contributed by atoms with Crippen LogP contribution in [0.1, 0.15) is 27.7 Å². The van der Waals surface area contributed by atoms with Crippen LogP contribution in [-0.2, 0) is 19.1 Å². The Morgan fingerprint density at radius 2 is 1.43 bits per heavy atom. The molecular weight excluding hydrogens is 299 g/mol. The van der Waals surface area contributed by atoms with Gasteiger partial charge in [0, 0.05) is 0 Å². The average Bonchev–Trinajstić information content (AvgIpc) is 2.45. The van der Waals surface area contributed by atoms with Crippen LogP contribution in [0.5, 0.6) is 0 Å². The molecular formula is C12H25N2O6P. The molecule has 0 rings (SSSR count). The van der Waals surface area contributed by atoms with E-state index in [1.165, 1.54) is 0 Å². The number of rotatable bonds is 10. The lowest BCUT2D eigenvalue weighted by Gasteiger charge is -2.28. The molecule has 3 atom stereocenters. The third kappa shape index (κ3) is 7.68. The highest BCUT2D eigenvalue weighted by Crippen LogP contribution is 2.32. The molecule has 9 heteroatoms. The zero-order valence-corrected chi connectivity index (χ0v) is 13.7. The Hall–Kier alpha value is -0.790. The van der Waals surface area contributed by atoms with E-state index in [4.69, 9.17) is 14.6 Å². The van der Waals surface area contributed by atoms with Gasteiger partial charge in [-0.1, -0.05) is 0 Å². The minimum atomic E-state index is -1.58. The van der Waals surface area contributed by atoms with Crippen molar-refractivity contribution in [2.45, 2.75) is 45.6 Å². The summed E-state index contributed by atoms with van der Waals surface area (Å²) in [5.74, 6) is -2.07. The van der Waals surface area contributed by atoms with E-state index in [0.717, 1.165) is 0 Å². The molecule has 0 amide bonds. The Kier molecular flexibility index (Phi) is 10.5. The van der Waals surface area contributed by atoms with E-state index in [-0.39, 0.29) is 13.2 Å². The Bertz CT molecular complexity index is 305. The first-order chi connectivity index (χ1) is 9.87. The molecule has 0 aliphatic rings. The van der Waals surface area contributed by atoms with Crippen molar-refractivity contribution in [3.8, 4) is 0 Å². The summed E-state index contributed by atoms with van der Waals surface area (Å²) >= 11 is 0. The average molecular weight is 324 g/mol. The van der Waals surface area contributed by atoms with Crippen LogP contribution in [0, 0.1) is 0 Å². The van der Waals surface area contributed by atoms with E-state index >= 15 is 0 Å². The second-order valence-electron chi connectivity index (χ2n) is 4.24. The van der Waals surface area contributed by atoms with Crippen LogP contribution in [0.2, 0.25) is 0 Å². The molecule has 0 aromatic carbocycles. The second-order valence-corrected chi connectivity index (χ2v) is 6.09. The van der Waals surface area contributed by atoms with Crippen molar-refractivity contribution in [1.82, 2.24) is 10.2 Å². The highest BCUT2D eigenvalue weighted by molar-refractivity contribution is 7.54. The van der Waals surface area contributed by atoms with Gasteiger partial charge in [-0.15, -0.1) is 0 Å². The van der Waals surface area contributed by atoms with Gasteiger partial charge < -0.3 is 19.7 Å².